The van der Waals surface area contributed by atoms with Crippen molar-refractivity contribution in [1.82, 2.24) is 9.38 Å². The van der Waals surface area contributed by atoms with Crippen LogP contribution in [0.5, 0.6) is 0 Å². The molecule has 1 saturated carbocycles. The molecule has 3 rings (SSSR count). The molecular weight excluding hydrogens is 224 g/mol. The van der Waals surface area contributed by atoms with E-state index in [0.29, 0.717) is 12.3 Å². The molecule has 0 N–H and O–H groups in total. The van der Waals surface area contributed by atoms with Gasteiger partial charge in [0.15, 0.2) is 10.7 Å². The summed E-state index contributed by atoms with van der Waals surface area (Å²) in [5.41, 5.74) is 0.399. The normalized spacial score (nSPS) is 15.6. The Morgan fingerprint density at radius 3 is 3.06 bits per heavy atom. The quantitative estimate of drug-likeness (QED) is 0.769. The number of imidazole rings is 1. The van der Waals surface area contributed by atoms with Gasteiger partial charge in [0.05, 0.1) is 6.61 Å². The number of rotatable bonds is 3. The minimum absolute atomic E-state index is 0.341. The number of esters is 1. The molecule has 0 aromatic carbocycles. The Balaban J connectivity index is 1.91. The molecule has 1 aliphatic carbocycles. The molecule has 0 bridgehead atoms. The lowest BCUT2D eigenvalue weighted by molar-refractivity contribution is 0.0520. The highest BCUT2D eigenvalue weighted by Gasteiger charge is 2.26. The fourth-order valence-electron chi connectivity index (χ4n) is 1.67. The molecule has 2 aromatic rings. The summed E-state index contributed by atoms with van der Waals surface area (Å²) in [7, 11) is 0. The molecule has 5 heteroatoms. The van der Waals surface area contributed by atoms with E-state index in [-0.39, 0.29) is 5.97 Å². The lowest BCUT2D eigenvalue weighted by Crippen LogP contribution is -2.04. The first-order chi connectivity index (χ1) is 7.78. The largest absolute Gasteiger partial charge is 0.461 e. The van der Waals surface area contributed by atoms with Crippen LogP contribution in [0.3, 0.4) is 0 Å². The fourth-order valence-corrected chi connectivity index (χ4v) is 2.81. The third-order valence-electron chi connectivity index (χ3n) is 2.64. The molecule has 0 amide bonds. The predicted molar refractivity (Wildman–Crippen MR) is 61.0 cm³/mol. The van der Waals surface area contributed by atoms with E-state index in [2.05, 4.69) is 11.2 Å². The van der Waals surface area contributed by atoms with Gasteiger partial charge >= 0.3 is 5.97 Å². The van der Waals surface area contributed by atoms with Crippen LogP contribution in [0, 0.1) is 0 Å². The first kappa shape index (κ1) is 9.84. The first-order valence-corrected chi connectivity index (χ1v) is 6.25. The average molecular weight is 236 g/mol. The Hall–Kier alpha value is -1.36. The first-order valence-electron chi connectivity index (χ1n) is 5.43. The molecule has 0 saturated heterocycles. The van der Waals surface area contributed by atoms with Crippen LogP contribution in [0.1, 0.15) is 41.0 Å². The molecule has 0 radical (unpaired) electrons. The number of thiazole rings is 1. The second kappa shape index (κ2) is 3.59. The number of carbonyl (C=O) groups excluding carboxylic acids is 1. The zero-order chi connectivity index (χ0) is 11.1. The molecule has 0 atom stereocenters. The van der Waals surface area contributed by atoms with Gasteiger partial charge in [0, 0.05) is 17.3 Å². The van der Waals surface area contributed by atoms with Crippen LogP contribution in [0.2, 0.25) is 0 Å². The Morgan fingerprint density at radius 2 is 2.44 bits per heavy atom. The number of nitrogens with zero attached hydrogens (tertiary/aromatic N) is 2. The summed E-state index contributed by atoms with van der Waals surface area (Å²) in [6.45, 7) is 2.18. The van der Waals surface area contributed by atoms with Crippen LogP contribution < -0.4 is 0 Å². The van der Waals surface area contributed by atoms with Crippen LogP contribution in [0.15, 0.2) is 12.4 Å². The summed E-state index contributed by atoms with van der Waals surface area (Å²) in [5.74, 6) is 0.393. The highest BCUT2D eigenvalue weighted by molar-refractivity contribution is 7.17. The molecule has 84 valence electrons. The van der Waals surface area contributed by atoms with E-state index < -0.39 is 0 Å². The van der Waals surface area contributed by atoms with Gasteiger partial charge in [-0.1, -0.05) is 0 Å². The molecule has 4 nitrogen and oxygen atoms in total. The van der Waals surface area contributed by atoms with Gasteiger partial charge in [0.2, 0.25) is 0 Å². The second-order valence-corrected chi connectivity index (χ2v) is 4.98. The van der Waals surface area contributed by atoms with E-state index in [4.69, 9.17) is 4.74 Å². The van der Waals surface area contributed by atoms with Crippen molar-refractivity contribution in [3.05, 3.63) is 23.0 Å². The number of carbonyl (C=O) groups is 1. The second-order valence-electron chi connectivity index (χ2n) is 3.94. The van der Waals surface area contributed by atoms with Crippen molar-refractivity contribution in [2.45, 2.75) is 25.7 Å². The van der Waals surface area contributed by atoms with E-state index in [0.717, 1.165) is 10.9 Å². The molecule has 0 unspecified atom stereocenters. The molecule has 1 aliphatic rings. The van der Waals surface area contributed by atoms with Gasteiger partial charge < -0.3 is 4.74 Å². The SMILES string of the molecule is CCOC(=O)c1cn2cc(C3CC3)sc2n1. The Bertz CT molecular complexity index is 508. The molecule has 0 aliphatic heterocycles. The van der Waals surface area contributed by atoms with Gasteiger partial charge in [-0.3, -0.25) is 4.40 Å². The molecule has 16 heavy (non-hydrogen) atoms. The molecular formula is C11H12N2O2S. The summed E-state index contributed by atoms with van der Waals surface area (Å²) in [6, 6.07) is 0. The van der Waals surface area contributed by atoms with Crippen molar-refractivity contribution in [3.63, 3.8) is 0 Å². The van der Waals surface area contributed by atoms with Crippen molar-refractivity contribution in [2.24, 2.45) is 0 Å². The van der Waals surface area contributed by atoms with Gasteiger partial charge in [0.25, 0.3) is 0 Å². The van der Waals surface area contributed by atoms with Gasteiger partial charge in [-0.15, -0.1) is 11.3 Å². The van der Waals surface area contributed by atoms with Crippen molar-refractivity contribution < 1.29 is 9.53 Å². The van der Waals surface area contributed by atoms with E-state index in [9.17, 15) is 4.79 Å². The van der Waals surface area contributed by atoms with Crippen molar-refractivity contribution in [3.8, 4) is 0 Å². The third-order valence-corrected chi connectivity index (χ3v) is 3.80. The maximum Gasteiger partial charge on any atom is 0.358 e. The van der Waals surface area contributed by atoms with Crippen molar-refractivity contribution >= 4 is 22.3 Å². The van der Waals surface area contributed by atoms with Crippen molar-refractivity contribution in [1.29, 1.82) is 0 Å². The van der Waals surface area contributed by atoms with E-state index in [1.165, 1.54) is 17.7 Å². The van der Waals surface area contributed by atoms with Crippen LogP contribution in [0.4, 0.5) is 0 Å². The lowest BCUT2D eigenvalue weighted by atomic mass is 10.4. The van der Waals surface area contributed by atoms with E-state index in [1.54, 1.807) is 24.5 Å². The Kier molecular flexibility index (Phi) is 2.21. The maximum atomic E-state index is 11.4. The van der Waals surface area contributed by atoms with Gasteiger partial charge in [-0.2, -0.15) is 0 Å². The van der Waals surface area contributed by atoms with Gasteiger partial charge in [-0.25, -0.2) is 9.78 Å². The van der Waals surface area contributed by atoms with Gasteiger partial charge in [-0.05, 0) is 25.7 Å². The molecule has 2 aromatic heterocycles. The number of fused-ring (bicyclic) bond motifs is 1. The fraction of sp³-hybridized carbons (Fsp3) is 0.455. The molecule has 0 spiro atoms. The highest BCUT2D eigenvalue weighted by atomic mass is 32.1. The monoisotopic (exact) mass is 236 g/mol. The van der Waals surface area contributed by atoms with Crippen LogP contribution in [-0.2, 0) is 4.74 Å². The number of hydrogen-bond acceptors (Lipinski definition) is 4. The minimum atomic E-state index is -0.341. The summed E-state index contributed by atoms with van der Waals surface area (Å²) >= 11 is 1.67. The summed E-state index contributed by atoms with van der Waals surface area (Å²) in [4.78, 5) is 18.0. The topological polar surface area (TPSA) is 43.6 Å². The predicted octanol–water partition coefficient (Wildman–Crippen LogP) is 2.45. The number of ether oxygens (including phenoxy) is 1. The van der Waals surface area contributed by atoms with Crippen LogP contribution in [-0.4, -0.2) is 22.0 Å². The number of aromatic nitrogens is 2. The third kappa shape index (κ3) is 1.61. The van der Waals surface area contributed by atoms with E-state index >= 15 is 0 Å². The lowest BCUT2D eigenvalue weighted by Gasteiger charge is -1.95. The Morgan fingerprint density at radius 1 is 1.62 bits per heavy atom. The average Bonchev–Trinajstić information content (AvgIpc) is 2.90. The van der Waals surface area contributed by atoms with E-state index in [1.807, 2.05) is 4.40 Å². The molecule has 2 heterocycles. The zero-order valence-corrected chi connectivity index (χ0v) is 9.79. The molecule has 1 fully saturated rings. The smallest absolute Gasteiger partial charge is 0.358 e. The standard InChI is InChI=1S/C11H12N2O2S/c1-2-15-10(14)8-5-13-6-9(7-3-4-7)16-11(13)12-8/h5-7H,2-4H2,1H3. The summed E-state index contributed by atoms with van der Waals surface area (Å²) < 4.78 is 6.83. The highest BCUT2D eigenvalue weighted by Crippen LogP contribution is 2.43. The summed E-state index contributed by atoms with van der Waals surface area (Å²) in [5, 5.41) is 0. The van der Waals surface area contributed by atoms with Gasteiger partial charge in [0.1, 0.15) is 0 Å². The van der Waals surface area contributed by atoms with Crippen molar-refractivity contribution in [2.75, 3.05) is 6.61 Å². The zero-order valence-electron chi connectivity index (χ0n) is 8.97. The number of hydrogen-bond donors (Lipinski definition) is 0. The van der Waals surface area contributed by atoms with Crippen LogP contribution in [0.25, 0.3) is 4.96 Å². The maximum absolute atomic E-state index is 11.4. The minimum Gasteiger partial charge on any atom is -0.461 e. The Labute approximate surface area is 96.9 Å². The summed E-state index contributed by atoms with van der Waals surface area (Å²) in [6.07, 6.45) is 6.39. The van der Waals surface area contributed by atoms with Crippen LogP contribution >= 0.6 is 11.3 Å².